The maximum atomic E-state index is 15.1. The van der Waals surface area contributed by atoms with Crippen LogP contribution in [-0.2, 0) is 18.6 Å². The van der Waals surface area contributed by atoms with Crippen LogP contribution in [0.1, 0.15) is 53.3 Å². The minimum atomic E-state index is -0.639. The van der Waals surface area contributed by atoms with Crippen molar-refractivity contribution in [1.82, 2.24) is 9.55 Å². The smallest absolute Gasteiger partial charge is 0.211 e. The second kappa shape index (κ2) is 13.6. The van der Waals surface area contributed by atoms with Crippen molar-refractivity contribution in [2.24, 2.45) is 21.7 Å². The number of imidazole rings is 1. The molecule has 5 rings (SSSR count). The number of methoxy groups -OCH3 is 1. The average Bonchev–Trinajstić information content (AvgIpc) is 3.35. The number of fused-ring (bicyclic) bond motifs is 1. The van der Waals surface area contributed by atoms with Gasteiger partial charge in [-0.25, -0.2) is 18.2 Å². The lowest BCUT2D eigenvalue weighted by Crippen LogP contribution is -2.21. The Kier molecular flexibility index (Phi) is 9.62. The van der Waals surface area contributed by atoms with Crippen molar-refractivity contribution >= 4 is 35.5 Å². The van der Waals surface area contributed by atoms with Crippen LogP contribution in [0.3, 0.4) is 0 Å². The number of nitrogens with zero attached hydrogens (tertiary/aromatic N) is 4. The second-order valence-corrected chi connectivity index (χ2v) is 11.4. The van der Waals surface area contributed by atoms with Gasteiger partial charge in [-0.15, -0.1) is 5.10 Å². The summed E-state index contributed by atoms with van der Waals surface area (Å²) in [5.74, 6) is -1.26. The number of ether oxygens (including phenoxy) is 1. The third-order valence-corrected chi connectivity index (χ3v) is 8.50. The summed E-state index contributed by atoms with van der Waals surface area (Å²) in [6.45, 7) is 0. The van der Waals surface area contributed by atoms with E-state index in [1.54, 1.807) is 19.2 Å². The SMILES string of the molecule is COc1cc(C2CCCc3nc(SCc4c(F)cc(CC/C=N\N=C(N)N)cc4F)n(-c4ccc(F)cc4)c32)ccc1Cl. The number of hydrogen-bond donors (Lipinski definition) is 2. The topological polar surface area (TPSA) is 104 Å². The van der Waals surface area contributed by atoms with E-state index in [-0.39, 0.29) is 29.0 Å². The summed E-state index contributed by atoms with van der Waals surface area (Å²) in [5.41, 5.74) is 14.5. The number of nitrogens with two attached hydrogens (primary N) is 2. The van der Waals surface area contributed by atoms with Gasteiger partial charge in [0, 0.05) is 29.1 Å². The van der Waals surface area contributed by atoms with Crippen LogP contribution in [0.5, 0.6) is 5.75 Å². The van der Waals surface area contributed by atoms with Gasteiger partial charge in [-0.05, 0) is 91.8 Å². The third-order valence-electron chi connectivity index (χ3n) is 7.22. The highest BCUT2D eigenvalue weighted by atomic mass is 35.5. The lowest BCUT2D eigenvalue weighted by Gasteiger charge is -2.26. The summed E-state index contributed by atoms with van der Waals surface area (Å²) in [7, 11) is 1.57. The van der Waals surface area contributed by atoms with E-state index < -0.39 is 11.6 Å². The van der Waals surface area contributed by atoms with Gasteiger partial charge < -0.3 is 16.2 Å². The predicted octanol–water partition coefficient (Wildman–Crippen LogP) is 6.90. The van der Waals surface area contributed by atoms with Crippen molar-refractivity contribution in [2.75, 3.05) is 7.11 Å². The van der Waals surface area contributed by atoms with E-state index in [1.165, 1.54) is 42.2 Å². The quantitative estimate of drug-likeness (QED) is 0.0862. The van der Waals surface area contributed by atoms with Gasteiger partial charge in [-0.3, -0.25) is 4.57 Å². The van der Waals surface area contributed by atoms with Gasteiger partial charge in [0.05, 0.1) is 23.5 Å². The Balaban J connectivity index is 1.46. The molecule has 0 aliphatic heterocycles. The van der Waals surface area contributed by atoms with E-state index in [0.29, 0.717) is 40.0 Å². The molecule has 0 fully saturated rings. The van der Waals surface area contributed by atoms with Crippen LogP contribution in [0.4, 0.5) is 13.2 Å². The standard InChI is InChI=1S/C31H30ClF3N6OS/c1-42-28-16-19(7-12-24(28)32)22-5-2-6-27-29(22)41(21-10-8-20(33)9-11-21)31(39-27)43-17-23-25(34)14-18(15-26(23)35)4-3-13-38-40-30(36)37/h7-16,22H,2-6,17H2,1H3,(H4,36,37,40)/b38-13-. The summed E-state index contributed by atoms with van der Waals surface area (Å²) in [4.78, 5) is 4.93. The minimum absolute atomic E-state index is 0.0143. The van der Waals surface area contributed by atoms with Crippen molar-refractivity contribution in [2.45, 2.75) is 48.9 Å². The summed E-state index contributed by atoms with van der Waals surface area (Å²) in [6, 6.07) is 14.5. The van der Waals surface area contributed by atoms with Crippen LogP contribution in [0.25, 0.3) is 5.69 Å². The lowest BCUT2D eigenvalue weighted by atomic mass is 9.84. The zero-order valence-electron chi connectivity index (χ0n) is 23.4. The van der Waals surface area contributed by atoms with E-state index >= 15 is 8.78 Å². The first-order valence-corrected chi connectivity index (χ1v) is 15.0. The molecule has 1 atom stereocenters. The molecule has 4 N–H and O–H groups in total. The summed E-state index contributed by atoms with van der Waals surface area (Å²) in [6.07, 6.45) is 4.77. The van der Waals surface area contributed by atoms with Gasteiger partial charge in [-0.2, -0.15) is 5.10 Å². The fourth-order valence-electron chi connectivity index (χ4n) is 5.23. The van der Waals surface area contributed by atoms with Crippen LogP contribution in [-0.4, -0.2) is 28.8 Å². The zero-order chi connectivity index (χ0) is 30.5. The highest BCUT2D eigenvalue weighted by molar-refractivity contribution is 7.98. The van der Waals surface area contributed by atoms with Gasteiger partial charge in [0.2, 0.25) is 5.96 Å². The van der Waals surface area contributed by atoms with Crippen molar-refractivity contribution in [3.63, 3.8) is 0 Å². The Morgan fingerprint density at radius 1 is 1.12 bits per heavy atom. The summed E-state index contributed by atoms with van der Waals surface area (Å²) < 4.78 is 51.6. The molecule has 0 spiro atoms. The molecule has 1 unspecified atom stereocenters. The molecule has 0 amide bonds. The number of thioether (sulfide) groups is 1. The van der Waals surface area contributed by atoms with Gasteiger partial charge in [0.1, 0.15) is 23.2 Å². The van der Waals surface area contributed by atoms with Crippen molar-refractivity contribution < 1.29 is 17.9 Å². The third kappa shape index (κ3) is 7.00. The van der Waals surface area contributed by atoms with Crippen molar-refractivity contribution in [1.29, 1.82) is 0 Å². The van der Waals surface area contributed by atoms with Gasteiger partial charge in [0.25, 0.3) is 0 Å². The zero-order valence-corrected chi connectivity index (χ0v) is 24.9. The molecule has 7 nitrogen and oxygen atoms in total. The molecule has 0 bridgehead atoms. The molecular weight excluding hydrogens is 597 g/mol. The number of guanidine groups is 1. The van der Waals surface area contributed by atoms with E-state index in [2.05, 4.69) is 10.2 Å². The summed E-state index contributed by atoms with van der Waals surface area (Å²) in [5, 5.41) is 8.28. The highest BCUT2D eigenvalue weighted by Gasteiger charge is 2.31. The molecule has 12 heteroatoms. The Bertz CT molecular complexity index is 1650. The normalized spacial score (nSPS) is 14.6. The fraction of sp³-hybridized carbons (Fsp3) is 0.258. The number of rotatable bonds is 10. The Morgan fingerprint density at radius 2 is 1.86 bits per heavy atom. The maximum absolute atomic E-state index is 15.1. The van der Waals surface area contributed by atoms with E-state index in [1.807, 2.05) is 22.8 Å². The second-order valence-electron chi connectivity index (χ2n) is 10.1. The monoisotopic (exact) mass is 626 g/mol. The maximum Gasteiger partial charge on any atom is 0.211 e. The van der Waals surface area contributed by atoms with Crippen LogP contribution in [0.15, 0.2) is 70.0 Å². The predicted molar refractivity (Wildman–Crippen MR) is 165 cm³/mol. The number of benzene rings is 3. The Hall–Kier alpha value is -3.96. The Labute approximate surface area is 256 Å². The molecule has 3 aromatic carbocycles. The van der Waals surface area contributed by atoms with Crippen molar-refractivity contribution in [3.8, 4) is 11.4 Å². The van der Waals surface area contributed by atoms with Gasteiger partial charge in [-0.1, -0.05) is 29.4 Å². The Morgan fingerprint density at radius 3 is 2.56 bits per heavy atom. The van der Waals surface area contributed by atoms with Crippen molar-refractivity contribution in [3.05, 3.63) is 105 Å². The van der Waals surface area contributed by atoms with Gasteiger partial charge >= 0.3 is 0 Å². The molecule has 43 heavy (non-hydrogen) atoms. The van der Waals surface area contributed by atoms with E-state index in [9.17, 15) is 4.39 Å². The molecule has 4 aromatic rings. The lowest BCUT2D eigenvalue weighted by molar-refractivity contribution is 0.414. The number of aryl methyl sites for hydroxylation is 2. The first kappa shape index (κ1) is 30.5. The highest BCUT2D eigenvalue weighted by Crippen LogP contribution is 2.42. The molecule has 224 valence electrons. The largest absolute Gasteiger partial charge is 0.495 e. The average molecular weight is 627 g/mol. The van der Waals surface area contributed by atoms with Crippen LogP contribution in [0.2, 0.25) is 5.02 Å². The number of hydrogen-bond acceptors (Lipinski definition) is 5. The van der Waals surface area contributed by atoms with Crippen LogP contribution in [0, 0.1) is 17.5 Å². The van der Waals surface area contributed by atoms with Crippen LogP contribution < -0.4 is 16.2 Å². The first-order valence-electron chi connectivity index (χ1n) is 13.7. The first-order chi connectivity index (χ1) is 20.7. The molecule has 1 aliphatic carbocycles. The van der Waals surface area contributed by atoms with E-state index in [0.717, 1.165) is 36.2 Å². The number of aromatic nitrogens is 2. The van der Waals surface area contributed by atoms with Crippen LogP contribution >= 0.6 is 23.4 Å². The fourth-order valence-corrected chi connectivity index (χ4v) is 6.48. The van der Waals surface area contributed by atoms with E-state index in [4.69, 9.17) is 32.8 Å². The molecular formula is C31H30ClF3N6OS. The molecule has 1 heterocycles. The molecule has 0 radical (unpaired) electrons. The molecule has 0 saturated carbocycles. The molecule has 0 saturated heterocycles. The number of halogens is 4. The minimum Gasteiger partial charge on any atom is -0.495 e. The molecule has 1 aromatic heterocycles. The van der Waals surface area contributed by atoms with Gasteiger partial charge in [0.15, 0.2) is 5.16 Å². The molecule has 1 aliphatic rings. The summed E-state index contributed by atoms with van der Waals surface area (Å²) >= 11 is 7.54.